The number of carbonyl (C=O) groups excluding carboxylic acids is 1. The van der Waals surface area contributed by atoms with Gasteiger partial charge in [0.1, 0.15) is 5.69 Å². The number of nitrogens with zero attached hydrogens (tertiary/aromatic N) is 1. The summed E-state index contributed by atoms with van der Waals surface area (Å²) in [6.45, 7) is 0.682. The van der Waals surface area contributed by atoms with E-state index in [0.717, 1.165) is 31.1 Å². The molecular formula is C16H20N2O3. The summed E-state index contributed by atoms with van der Waals surface area (Å²) in [5, 5.41) is 17.3. The second kappa shape index (κ2) is 6.26. The van der Waals surface area contributed by atoms with E-state index in [1.165, 1.54) is 0 Å². The third-order valence-electron chi connectivity index (χ3n) is 4.18. The second-order valence-electron chi connectivity index (χ2n) is 5.78. The van der Waals surface area contributed by atoms with E-state index in [1.54, 1.807) is 0 Å². The standard InChI is InChI=1S/C16H20N2O3/c19-12-7-5-11(6-8-12)10-17-16(20)9-14-13-3-1-2-4-15(13)21-18-14/h1-4,11-12,19H,5-10H2,(H,17,20). The third kappa shape index (κ3) is 3.42. The molecule has 21 heavy (non-hydrogen) atoms. The van der Waals surface area contributed by atoms with Gasteiger partial charge in [-0.25, -0.2) is 0 Å². The minimum absolute atomic E-state index is 0.0276. The predicted octanol–water partition coefficient (Wildman–Crippen LogP) is 2.04. The smallest absolute Gasteiger partial charge is 0.226 e. The fraction of sp³-hybridized carbons (Fsp3) is 0.500. The minimum atomic E-state index is -0.154. The van der Waals surface area contributed by atoms with Gasteiger partial charge < -0.3 is 14.9 Å². The number of benzene rings is 1. The number of para-hydroxylation sites is 1. The first kappa shape index (κ1) is 14.1. The number of hydrogen-bond donors (Lipinski definition) is 2. The number of rotatable bonds is 4. The number of fused-ring (bicyclic) bond motifs is 1. The van der Waals surface area contributed by atoms with E-state index in [4.69, 9.17) is 4.52 Å². The lowest BCUT2D eigenvalue weighted by Crippen LogP contribution is -2.33. The monoisotopic (exact) mass is 288 g/mol. The van der Waals surface area contributed by atoms with Crippen LogP contribution in [0.5, 0.6) is 0 Å². The SMILES string of the molecule is O=C(Cc1noc2ccccc12)NCC1CCC(O)CC1. The van der Waals surface area contributed by atoms with Crippen molar-refractivity contribution in [1.29, 1.82) is 0 Å². The highest BCUT2D eigenvalue weighted by atomic mass is 16.5. The van der Waals surface area contributed by atoms with Gasteiger partial charge in [0.05, 0.1) is 12.5 Å². The maximum atomic E-state index is 12.0. The van der Waals surface area contributed by atoms with Crippen LogP contribution in [0.1, 0.15) is 31.4 Å². The second-order valence-corrected chi connectivity index (χ2v) is 5.78. The van der Waals surface area contributed by atoms with Crippen LogP contribution in [-0.4, -0.2) is 28.8 Å². The van der Waals surface area contributed by atoms with E-state index in [0.29, 0.717) is 23.7 Å². The summed E-state index contributed by atoms with van der Waals surface area (Å²) >= 11 is 0. The molecule has 2 N–H and O–H groups in total. The lowest BCUT2D eigenvalue weighted by molar-refractivity contribution is -0.120. The Labute approximate surface area is 123 Å². The average molecular weight is 288 g/mol. The van der Waals surface area contributed by atoms with Crippen molar-refractivity contribution in [3.8, 4) is 0 Å². The van der Waals surface area contributed by atoms with Crippen LogP contribution in [0.2, 0.25) is 0 Å². The number of nitrogens with one attached hydrogen (secondary N) is 1. The topological polar surface area (TPSA) is 75.4 Å². The molecule has 112 valence electrons. The van der Waals surface area contributed by atoms with Crippen LogP contribution in [0.3, 0.4) is 0 Å². The van der Waals surface area contributed by atoms with E-state index < -0.39 is 0 Å². The van der Waals surface area contributed by atoms with Crippen LogP contribution >= 0.6 is 0 Å². The Morgan fingerprint density at radius 3 is 2.86 bits per heavy atom. The van der Waals surface area contributed by atoms with E-state index in [2.05, 4.69) is 10.5 Å². The number of hydrogen-bond acceptors (Lipinski definition) is 4. The van der Waals surface area contributed by atoms with Crippen molar-refractivity contribution in [2.45, 2.75) is 38.2 Å². The summed E-state index contributed by atoms with van der Waals surface area (Å²) < 4.78 is 5.20. The molecule has 1 fully saturated rings. The van der Waals surface area contributed by atoms with Gasteiger partial charge in [0.15, 0.2) is 5.58 Å². The van der Waals surface area contributed by atoms with Crippen molar-refractivity contribution in [2.24, 2.45) is 5.92 Å². The summed E-state index contributed by atoms with van der Waals surface area (Å²) in [7, 11) is 0. The maximum Gasteiger partial charge on any atom is 0.226 e. The molecule has 0 atom stereocenters. The molecule has 1 aliphatic rings. The molecule has 0 spiro atoms. The van der Waals surface area contributed by atoms with Crippen LogP contribution in [0.25, 0.3) is 11.0 Å². The van der Waals surface area contributed by atoms with Crippen molar-refractivity contribution >= 4 is 16.9 Å². The molecule has 0 bridgehead atoms. The summed E-state index contributed by atoms with van der Waals surface area (Å²) in [5.41, 5.74) is 1.39. The Kier molecular flexibility index (Phi) is 4.20. The van der Waals surface area contributed by atoms with Gasteiger partial charge in [-0.1, -0.05) is 17.3 Å². The van der Waals surface area contributed by atoms with Gasteiger partial charge in [-0.15, -0.1) is 0 Å². The normalized spacial score (nSPS) is 22.3. The summed E-state index contributed by atoms with van der Waals surface area (Å²) in [4.78, 5) is 12.0. The first-order chi connectivity index (χ1) is 10.2. The number of carbonyl (C=O) groups is 1. The molecule has 3 rings (SSSR count). The molecule has 5 nitrogen and oxygen atoms in total. The van der Waals surface area contributed by atoms with E-state index in [1.807, 2.05) is 24.3 Å². The Balaban J connectivity index is 1.52. The van der Waals surface area contributed by atoms with Crippen molar-refractivity contribution in [1.82, 2.24) is 10.5 Å². The Morgan fingerprint density at radius 2 is 2.05 bits per heavy atom. The van der Waals surface area contributed by atoms with Gasteiger partial charge in [0.25, 0.3) is 0 Å². The van der Waals surface area contributed by atoms with Gasteiger partial charge >= 0.3 is 0 Å². The molecule has 1 heterocycles. The zero-order valence-electron chi connectivity index (χ0n) is 11.9. The predicted molar refractivity (Wildman–Crippen MR) is 78.7 cm³/mol. The van der Waals surface area contributed by atoms with Gasteiger partial charge in [-0.3, -0.25) is 4.79 Å². The van der Waals surface area contributed by atoms with Gasteiger partial charge in [0, 0.05) is 11.9 Å². The van der Waals surface area contributed by atoms with Crippen molar-refractivity contribution in [3.05, 3.63) is 30.0 Å². The van der Waals surface area contributed by atoms with Crippen LogP contribution in [0, 0.1) is 5.92 Å². The van der Waals surface area contributed by atoms with Gasteiger partial charge in [0.2, 0.25) is 5.91 Å². The molecule has 1 aromatic carbocycles. The average Bonchev–Trinajstić information content (AvgIpc) is 2.90. The molecule has 2 aromatic rings. The highest BCUT2D eigenvalue weighted by molar-refractivity contribution is 5.86. The summed E-state index contributed by atoms with van der Waals surface area (Å²) in [6, 6.07) is 7.55. The zero-order valence-corrected chi connectivity index (χ0v) is 11.9. The largest absolute Gasteiger partial charge is 0.393 e. The molecule has 0 radical (unpaired) electrons. The Hall–Kier alpha value is -1.88. The molecule has 1 aromatic heterocycles. The van der Waals surface area contributed by atoms with Crippen LogP contribution in [0.4, 0.5) is 0 Å². The number of aromatic nitrogens is 1. The van der Waals surface area contributed by atoms with Crippen LogP contribution in [0.15, 0.2) is 28.8 Å². The maximum absolute atomic E-state index is 12.0. The third-order valence-corrected chi connectivity index (χ3v) is 4.18. The minimum Gasteiger partial charge on any atom is -0.393 e. The zero-order chi connectivity index (χ0) is 14.7. The van der Waals surface area contributed by atoms with E-state index in [9.17, 15) is 9.90 Å². The van der Waals surface area contributed by atoms with E-state index >= 15 is 0 Å². The fourth-order valence-corrected chi connectivity index (χ4v) is 2.89. The molecule has 0 aliphatic heterocycles. The number of amides is 1. The molecule has 1 amide bonds. The first-order valence-electron chi connectivity index (χ1n) is 7.50. The molecule has 0 saturated heterocycles. The fourth-order valence-electron chi connectivity index (χ4n) is 2.89. The highest BCUT2D eigenvalue weighted by Crippen LogP contribution is 2.23. The first-order valence-corrected chi connectivity index (χ1v) is 7.50. The Morgan fingerprint density at radius 1 is 1.29 bits per heavy atom. The lowest BCUT2D eigenvalue weighted by Gasteiger charge is -2.25. The van der Waals surface area contributed by atoms with Gasteiger partial charge in [-0.2, -0.15) is 0 Å². The molecule has 0 unspecified atom stereocenters. The molecule has 5 heteroatoms. The van der Waals surface area contributed by atoms with Crippen molar-refractivity contribution in [3.63, 3.8) is 0 Å². The lowest BCUT2D eigenvalue weighted by atomic mass is 9.87. The quantitative estimate of drug-likeness (QED) is 0.902. The highest BCUT2D eigenvalue weighted by Gasteiger charge is 2.20. The van der Waals surface area contributed by atoms with E-state index in [-0.39, 0.29) is 18.4 Å². The number of aliphatic hydroxyl groups is 1. The molecule has 1 aliphatic carbocycles. The Bertz CT molecular complexity index is 615. The molecule has 1 saturated carbocycles. The van der Waals surface area contributed by atoms with Gasteiger partial charge in [-0.05, 0) is 43.7 Å². The summed E-state index contributed by atoms with van der Waals surface area (Å²) in [6.07, 6.45) is 3.73. The van der Waals surface area contributed by atoms with Crippen molar-refractivity contribution < 1.29 is 14.4 Å². The van der Waals surface area contributed by atoms with Crippen LogP contribution < -0.4 is 5.32 Å². The molecular weight excluding hydrogens is 268 g/mol. The van der Waals surface area contributed by atoms with Crippen LogP contribution in [-0.2, 0) is 11.2 Å². The summed E-state index contributed by atoms with van der Waals surface area (Å²) in [5.74, 6) is 0.451. The van der Waals surface area contributed by atoms with Crippen molar-refractivity contribution in [2.75, 3.05) is 6.54 Å². The number of aliphatic hydroxyl groups excluding tert-OH is 1.